The number of rotatable bonds is 3. The minimum atomic E-state index is -0.779. The molecule has 2 rings (SSSR count). The molecule has 0 bridgehead atoms. The highest BCUT2D eigenvalue weighted by Crippen LogP contribution is 2.26. The standard InChI is InChI=1S/C11H12F2N4/c1-6(11-15-2-3-16-11)17-9-5-7(12)4-8(13)10(9)14/h2-6,17H,14H2,1H3,(H,15,16). The Labute approximate surface area is 96.9 Å². The smallest absolute Gasteiger partial charge is 0.151 e. The zero-order valence-electron chi connectivity index (χ0n) is 9.17. The molecule has 0 spiro atoms. The van der Waals surface area contributed by atoms with Gasteiger partial charge in [-0.3, -0.25) is 0 Å². The van der Waals surface area contributed by atoms with Crippen molar-refractivity contribution in [3.63, 3.8) is 0 Å². The van der Waals surface area contributed by atoms with E-state index < -0.39 is 11.6 Å². The molecule has 1 atom stereocenters. The normalized spacial score (nSPS) is 12.4. The van der Waals surface area contributed by atoms with Crippen molar-refractivity contribution in [2.45, 2.75) is 13.0 Å². The first-order chi connectivity index (χ1) is 8.08. The van der Waals surface area contributed by atoms with Gasteiger partial charge < -0.3 is 16.0 Å². The molecule has 6 heteroatoms. The fraction of sp³-hybridized carbons (Fsp3) is 0.182. The summed E-state index contributed by atoms with van der Waals surface area (Å²) < 4.78 is 26.2. The molecule has 0 radical (unpaired) electrons. The van der Waals surface area contributed by atoms with E-state index in [-0.39, 0.29) is 17.4 Å². The molecule has 90 valence electrons. The number of aromatic amines is 1. The van der Waals surface area contributed by atoms with Crippen molar-refractivity contribution in [3.05, 3.63) is 42.0 Å². The molecule has 0 aliphatic rings. The zero-order valence-corrected chi connectivity index (χ0v) is 9.17. The van der Waals surface area contributed by atoms with Crippen molar-refractivity contribution < 1.29 is 8.78 Å². The maximum atomic E-state index is 13.2. The second-order valence-corrected chi connectivity index (χ2v) is 3.69. The highest BCUT2D eigenvalue weighted by atomic mass is 19.1. The highest BCUT2D eigenvalue weighted by Gasteiger charge is 2.12. The molecular formula is C11H12F2N4. The summed E-state index contributed by atoms with van der Waals surface area (Å²) in [5, 5.41) is 2.90. The molecule has 0 aliphatic carbocycles. The molecule has 17 heavy (non-hydrogen) atoms. The quantitative estimate of drug-likeness (QED) is 0.719. The molecule has 1 aromatic heterocycles. The van der Waals surface area contributed by atoms with Gasteiger partial charge in [0.25, 0.3) is 0 Å². The average Bonchev–Trinajstić information content (AvgIpc) is 2.78. The minimum absolute atomic E-state index is 0.107. The molecule has 0 saturated carbocycles. The molecule has 0 saturated heterocycles. The van der Waals surface area contributed by atoms with E-state index in [0.29, 0.717) is 5.82 Å². The van der Waals surface area contributed by atoms with Crippen LogP contribution in [0.1, 0.15) is 18.8 Å². The van der Waals surface area contributed by atoms with Crippen LogP contribution in [0.15, 0.2) is 24.5 Å². The van der Waals surface area contributed by atoms with Gasteiger partial charge in [0.1, 0.15) is 11.6 Å². The van der Waals surface area contributed by atoms with Crippen LogP contribution in [0.5, 0.6) is 0 Å². The number of nitrogens with two attached hydrogens (primary N) is 1. The topological polar surface area (TPSA) is 66.7 Å². The molecule has 1 aromatic carbocycles. The third-order valence-corrected chi connectivity index (χ3v) is 2.40. The third kappa shape index (κ3) is 2.35. The Morgan fingerprint density at radius 3 is 2.82 bits per heavy atom. The van der Waals surface area contributed by atoms with Gasteiger partial charge in [-0.15, -0.1) is 0 Å². The minimum Gasteiger partial charge on any atom is -0.395 e. The second-order valence-electron chi connectivity index (χ2n) is 3.69. The SMILES string of the molecule is CC(Nc1cc(F)cc(F)c1N)c1ncc[nH]1. The van der Waals surface area contributed by atoms with Crippen LogP contribution in [0.25, 0.3) is 0 Å². The molecule has 0 fully saturated rings. The molecule has 1 unspecified atom stereocenters. The summed E-state index contributed by atoms with van der Waals surface area (Å²) in [6.45, 7) is 1.81. The van der Waals surface area contributed by atoms with Crippen molar-refractivity contribution in [1.29, 1.82) is 0 Å². The van der Waals surface area contributed by atoms with Gasteiger partial charge >= 0.3 is 0 Å². The van der Waals surface area contributed by atoms with E-state index >= 15 is 0 Å². The Morgan fingerprint density at radius 1 is 1.41 bits per heavy atom. The summed E-state index contributed by atoms with van der Waals surface area (Å²) in [6.07, 6.45) is 3.27. The first kappa shape index (κ1) is 11.4. The first-order valence-electron chi connectivity index (χ1n) is 5.08. The largest absolute Gasteiger partial charge is 0.395 e. The van der Waals surface area contributed by atoms with E-state index in [1.165, 1.54) is 0 Å². The molecule has 1 heterocycles. The lowest BCUT2D eigenvalue weighted by Crippen LogP contribution is -2.11. The van der Waals surface area contributed by atoms with Gasteiger partial charge in [-0.2, -0.15) is 0 Å². The van der Waals surface area contributed by atoms with Crippen LogP contribution in [0.3, 0.4) is 0 Å². The number of hydrogen-bond donors (Lipinski definition) is 3. The van der Waals surface area contributed by atoms with Crippen molar-refractivity contribution in [3.8, 4) is 0 Å². The van der Waals surface area contributed by atoms with Gasteiger partial charge in [0.05, 0.1) is 17.4 Å². The lowest BCUT2D eigenvalue weighted by molar-refractivity contribution is 0.586. The van der Waals surface area contributed by atoms with E-state index in [2.05, 4.69) is 15.3 Å². The van der Waals surface area contributed by atoms with E-state index in [4.69, 9.17) is 5.73 Å². The maximum absolute atomic E-state index is 13.2. The Kier molecular flexibility index (Phi) is 2.95. The fourth-order valence-electron chi connectivity index (χ4n) is 1.52. The molecule has 0 amide bonds. The van der Waals surface area contributed by atoms with Crippen LogP contribution in [0, 0.1) is 11.6 Å². The monoisotopic (exact) mass is 238 g/mol. The van der Waals surface area contributed by atoms with Gasteiger partial charge in [-0.25, -0.2) is 13.8 Å². The summed E-state index contributed by atoms with van der Waals surface area (Å²) >= 11 is 0. The Hall–Kier alpha value is -2.11. The number of imidazole rings is 1. The number of nitrogen functional groups attached to an aromatic ring is 1. The van der Waals surface area contributed by atoms with Crippen LogP contribution in [0.2, 0.25) is 0 Å². The molecule has 4 N–H and O–H groups in total. The van der Waals surface area contributed by atoms with Gasteiger partial charge in [0.15, 0.2) is 5.82 Å². The summed E-state index contributed by atoms with van der Waals surface area (Å²) in [5.74, 6) is -0.793. The predicted octanol–water partition coefficient (Wildman–Crippen LogP) is 2.44. The fourth-order valence-corrected chi connectivity index (χ4v) is 1.52. The number of nitrogens with zero attached hydrogens (tertiary/aromatic N) is 1. The van der Waals surface area contributed by atoms with E-state index in [1.807, 2.05) is 0 Å². The average molecular weight is 238 g/mol. The summed E-state index contributed by atoms with van der Waals surface area (Å²) in [5.41, 5.74) is 5.63. The summed E-state index contributed by atoms with van der Waals surface area (Å²) in [6, 6.07) is 1.67. The van der Waals surface area contributed by atoms with Gasteiger partial charge in [0, 0.05) is 18.5 Å². The number of benzene rings is 1. The van der Waals surface area contributed by atoms with Crippen molar-refractivity contribution in [2.24, 2.45) is 0 Å². The summed E-state index contributed by atoms with van der Waals surface area (Å²) in [4.78, 5) is 6.94. The Balaban J connectivity index is 2.24. The van der Waals surface area contributed by atoms with Gasteiger partial charge in [-0.05, 0) is 13.0 Å². The lowest BCUT2D eigenvalue weighted by atomic mass is 10.2. The van der Waals surface area contributed by atoms with E-state index in [0.717, 1.165) is 12.1 Å². The zero-order chi connectivity index (χ0) is 12.4. The summed E-state index contributed by atoms with van der Waals surface area (Å²) in [7, 11) is 0. The Morgan fingerprint density at radius 2 is 2.18 bits per heavy atom. The van der Waals surface area contributed by atoms with Crippen molar-refractivity contribution >= 4 is 11.4 Å². The predicted molar refractivity (Wildman–Crippen MR) is 61.4 cm³/mol. The number of anilines is 2. The van der Waals surface area contributed by atoms with Gasteiger partial charge in [-0.1, -0.05) is 0 Å². The molecule has 0 aliphatic heterocycles. The Bertz CT molecular complexity index is 510. The van der Waals surface area contributed by atoms with Crippen LogP contribution >= 0.6 is 0 Å². The number of H-pyrrole nitrogens is 1. The van der Waals surface area contributed by atoms with Crippen LogP contribution in [-0.4, -0.2) is 9.97 Å². The van der Waals surface area contributed by atoms with E-state index in [1.54, 1.807) is 19.3 Å². The number of aromatic nitrogens is 2. The van der Waals surface area contributed by atoms with Crippen LogP contribution < -0.4 is 11.1 Å². The number of halogens is 2. The number of nitrogens with one attached hydrogen (secondary N) is 2. The second kappa shape index (κ2) is 4.40. The first-order valence-corrected chi connectivity index (χ1v) is 5.08. The molecule has 4 nitrogen and oxygen atoms in total. The van der Waals surface area contributed by atoms with Crippen molar-refractivity contribution in [1.82, 2.24) is 9.97 Å². The number of hydrogen-bond acceptors (Lipinski definition) is 3. The van der Waals surface area contributed by atoms with Crippen LogP contribution in [0.4, 0.5) is 20.2 Å². The highest BCUT2D eigenvalue weighted by molar-refractivity contribution is 5.67. The van der Waals surface area contributed by atoms with Crippen molar-refractivity contribution in [2.75, 3.05) is 11.1 Å². The maximum Gasteiger partial charge on any atom is 0.151 e. The molecular weight excluding hydrogens is 226 g/mol. The van der Waals surface area contributed by atoms with Gasteiger partial charge in [0.2, 0.25) is 0 Å². The van der Waals surface area contributed by atoms with Crippen LogP contribution in [-0.2, 0) is 0 Å². The lowest BCUT2D eigenvalue weighted by Gasteiger charge is -2.15. The van der Waals surface area contributed by atoms with E-state index in [9.17, 15) is 8.78 Å². The third-order valence-electron chi connectivity index (χ3n) is 2.40. The molecule has 2 aromatic rings.